The highest BCUT2D eigenvalue weighted by Crippen LogP contribution is 2.66. The Morgan fingerprint density at radius 1 is 1.04 bits per heavy atom. The van der Waals surface area contributed by atoms with E-state index < -0.39 is 6.10 Å². The van der Waals surface area contributed by atoms with Crippen molar-refractivity contribution in [3.8, 4) is 0 Å². The van der Waals surface area contributed by atoms with Gasteiger partial charge in [-0.15, -0.1) is 0 Å². The van der Waals surface area contributed by atoms with Crippen molar-refractivity contribution in [2.75, 3.05) is 6.61 Å². The molecule has 4 nitrogen and oxygen atoms in total. The Morgan fingerprint density at radius 3 is 2.50 bits per heavy atom. The number of hydrogen-bond donors (Lipinski definition) is 2. The molecule has 8 atom stereocenters. The van der Waals surface area contributed by atoms with Gasteiger partial charge in [-0.2, -0.15) is 0 Å². The molecule has 0 heterocycles. The van der Waals surface area contributed by atoms with Gasteiger partial charge in [0.1, 0.15) is 11.6 Å². The van der Waals surface area contributed by atoms with Crippen LogP contribution in [-0.4, -0.2) is 34.5 Å². The van der Waals surface area contributed by atoms with Gasteiger partial charge in [0.15, 0.2) is 0 Å². The van der Waals surface area contributed by atoms with Crippen LogP contribution in [-0.2, 0) is 9.59 Å². The van der Waals surface area contributed by atoms with Crippen LogP contribution in [0, 0.1) is 40.4 Å². The summed E-state index contributed by atoms with van der Waals surface area (Å²) in [4.78, 5) is 24.5. The van der Waals surface area contributed by atoms with Crippen LogP contribution in [0.2, 0.25) is 0 Å². The van der Waals surface area contributed by atoms with Gasteiger partial charge in [-0.25, -0.2) is 0 Å². The Balaban J connectivity index is 1.76. The summed E-state index contributed by atoms with van der Waals surface area (Å²) in [5, 5.41) is 21.2. The van der Waals surface area contributed by atoms with Crippen molar-refractivity contribution in [3.05, 3.63) is 0 Å². The number of carbonyl (C=O) groups excluding carboxylic acids is 2. The molecular weight excluding hydrogens is 304 g/mol. The number of ketones is 2. The van der Waals surface area contributed by atoms with E-state index in [9.17, 15) is 19.8 Å². The molecule has 4 heteroatoms. The number of rotatable bonds is 1. The number of fused-ring (bicyclic) bond motifs is 5. The van der Waals surface area contributed by atoms with Gasteiger partial charge >= 0.3 is 0 Å². The van der Waals surface area contributed by atoms with Crippen molar-refractivity contribution in [1.29, 1.82) is 0 Å². The van der Waals surface area contributed by atoms with Crippen LogP contribution in [0.5, 0.6) is 0 Å². The molecule has 0 saturated heterocycles. The highest BCUT2D eigenvalue weighted by atomic mass is 16.3. The van der Waals surface area contributed by atoms with Crippen LogP contribution < -0.4 is 0 Å². The van der Waals surface area contributed by atoms with Gasteiger partial charge in [0.05, 0.1) is 6.10 Å². The van der Waals surface area contributed by atoms with E-state index in [0.717, 1.165) is 25.7 Å². The molecule has 0 aliphatic heterocycles. The van der Waals surface area contributed by atoms with Crippen LogP contribution in [0.4, 0.5) is 0 Å². The summed E-state index contributed by atoms with van der Waals surface area (Å²) in [6, 6.07) is 0. The molecule has 0 aromatic heterocycles. The Labute approximate surface area is 144 Å². The third kappa shape index (κ3) is 1.99. The third-order valence-corrected chi connectivity index (χ3v) is 8.69. The van der Waals surface area contributed by atoms with Crippen LogP contribution in [0.1, 0.15) is 58.8 Å². The first kappa shape index (κ1) is 16.7. The quantitative estimate of drug-likeness (QED) is 0.772. The van der Waals surface area contributed by atoms with E-state index in [1.54, 1.807) is 0 Å². The molecule has 134 valence electrons. The molecule has 4 saturated carbocycles. The Bertz CT molecular complexity index is 572. The monoisotopic (exact) mass is 334 g/mol. The van der Waals surface area contributed by atoms with Gasteiger partial charge < -0.3 is 10.2 Å². The van der Waals surface area contributed by atoms with Crippen LogP contribution in [0.15, 0.2) is 0 Å². The molecule has 0 spiro atoms. The number of aliphatic hydroxyl groups excluding tert-OH is 2. The number of Topliss-reactive ketones (excluding diaryl/α,β-unsaturated/α-hetero) is 2. The van der Waals surface area contributed by atoms with Crippen molar-refractivity contribution < 1.29 is 19.8 Å². The van der Waals surface area contributed by atoms with E-state index in [-0.39, 0.29) is 46.9 Å². The fourth-order valence-electron chi connectivity index (χ4n) is 7.25. The van der Waals surface area contributed by atoms with Crippen molar-refractivity contribution in [2.45, 2.75) is 64.9 Å². The average Bonchev–Trinajstić information content (AvgIpc) is 2.85. The molecule has 4 aliphatic rings. The largest absolute Gasteiger partial charge is 0.396 e. The second kappa shape index (κ2) is 5.38. The second-order valence-electron chi connectivity index (χ2n) is 9.40. The maximum absolute atomic E-state index is 12.5. The van der Waals surface area contributed by atoms with Crippen molar-refractivity contribution in [3.63, 3.8) is 0 Å². The smallest absolute Gasteiger partial charge is 0.139 e. The Kier molecular flexibility index (Phi) is 3.74. The fraction of sp³-hybridized carbons (Fsp3) is 0.900. The molecule has 4 rings (SSSR count). The lowest BCUT2D eigenvalue weighted by atomic mass is 9.42. The molecule has 0 bridgehead atoms. The van der Waals surface area contributed by atoms with Gasteiger partial charge in [-0.1, -0.05) is 13.8 Å². The summed E-state index contributed by atoms with van der Waals surface area (Å²) >= 11 is 0. The highest BCUT2D eigenvalue weighted by molar-refractivity contribution is 5.87. The summed E-state index contributed by atoms with van der Waals surface area (Å²) in [5.41, 5.74) is -0.270. The molecule has 0 aromatic rings. The van der Waals surface area contributed by atoms with Gasteiger partial charge in [0.2, 0.25) is 0 Å². The summed E-state index contributed by atoms with van der Waals surface area (Å²) in [5.74, 6) is 1.21. The fourth-order valence-corrected chi connectivity index (χ4v) is 7.25. The average molecular weight is 334 g/mol. The first-order valence-electron chi connectivity index (χ1n) is 9.67. The molecule has 2 N–H and O–H groups in total. The predicted molar refractivity (Wildman–Crippen MR) is 89.1 cm³/mol. The lowest BCUT2D eigenvalue weighted by Crippen LogP contribution is -2.62. The molecule has 24 heavy (non-hydrogen) atoms. The van der Waals surface area contributed by atoms with Crippen LogP contribution >= 0.6 is 0 Å². The van der Waals surface area contributed by atoms with Crippen molar-refractivity contribution >= 4 is 11.6 Å². The maximum Gasteiger partial charge on any atom is 0.139 e. The third-order valence-electron chi connectivity index (χ3n) is 8.69. The zero-order valence-corrected chi connectivity index (χ0v) is 14.8. The van der Waals surface area contributed by atoms with Crippen LogP contribution in [0.25, 0.3) is 0 Å². The van der Waals surface area contributed by atoms with Crippen molar-refractivity contribution in [1.82, 2.24) is 0 Å². The summed E-state index contributed by atoms with van der Waals surface area (Å²) < 4.78 is 0. The minimum absolute atomic E-state index is 0.0121. The van der Waals surface area contributed by atoms with E-state index in [2.05, 4.69) is 13.8 Å². The maximum atomic E-state index is 12.5. The van der Waals surface area contributed by atoms with E-state index in [1.807, 2.05) is 0 Å². The lowest BCUT2D eigenvalue weighted by Gasteiger charge is -2.63. The van der Waals surface area contributed by atoms with Gasteiger partial charge in [0.25, 0.3) is 0 Å². The molecule has 4 fully saturated rings. The van der Waals surface area contributed by atoms with Crippen molar-refractivity contribution in [2.24, 2.45) is 40.4 Å². The molecule has 3 unspecified atom stereocenters. The van der Waals surface area contributed by atoms with E-state index in [4.69, 9.17) is 0 Å². The summed E-state index contributed by atoms with van der Waals surface area (Å²) in [7, 11) is 0. The Hall–Kier alpha value is -0.740. The van der Waals surface area contributed by atoms with E-state index in [1.165, 1.54) is 0 Å². The zero-order valence-electron chi connectivity index (χ0n) is 14.8. The number of aliphatic hydroxyl groups is 2. The first-order chi connectivity index (χ1) is 11.3. The summed E-state index contributed by atoms with van der Waals surface area (Å²) in [6.07, 6.45) is 4.83. The van der Waals surface area contributed by atoms with Gasteiger partial charge in [0, 0.05) is 37.2 Å². The zero-order chi connectivity index (χ0) is 17.3. The molecule has 0 aromatic carbocycles. The van der Waals surface area contributed by atoms with Crippen LogP contribution in [0.3, 0.4) is 0 Å². The van der Waals surface area contributed by atoms with E-state index in [0.29, 0.717) is 31.0 Å². The summed E-state index contributed by atoms with van der Waals surface area (Å²) in [6.45, 7) is 4.33. The highest BCUT2D eigenvalue weighted by Gasteiger charge is 2.64. The second-order valence-corrected chi connectivity index (χ2v) is 9.40. The normalized spacial score (nSPS) is 54.2. The lowest BCUT2D eigenvalue weighted by molar-refractivity contribution is -0.196. The van der Waals surface area contributed by atoms with E-state index >= 15 is 0 Å². The van der Waals surface area contributed by atoms with Gasteiger partial charge in [-0.05, 0) is 54.8 Å². The van der Waals surface area contributed by atoms with Gasteiger partial charge in [-0.3, -0.25) is 9.59 Å². The number of hydrogen-bond acceptors (Lipinski definition) is 4. The predicted octanol–water partition coefficient (Wildman–Crippen LogP) is 2.36. The molecule has 4 aliphatic carbocycles. The Morgan fingerprint density at radius 2 is 1.79 bits per heavy atom. The molecule has 0 amide bonds. The minimum atomic E-state index is -0.584. The minimum Gasteiger partial charge on any atom is -0.396 e. The number of carbonyl (C=O) groups is 2. The standard InChI is InChI=1S/C20H30O4/c1-19-7-5-11(22)9-15(19)12(10-21)18(24)17-13-3-4-16(23)20(13,2)8-6-14(17)19/h12-15,17-18,21,24H,3-10H2,1-2H3/t12-,13?,14?,15-,17?,18-,19-,20+/m1/s1. The molecular formula is C20H30O4. The molecule has 0 radical (unpaired) electrons. The first-order valence-corrected chi connectivity index (χ1v) is 9.67. The topological polar surface area (TPSA) is 74.6 Å². The SMILES string of the molecule is C[C@]12CCC3C(C1CCC2=O)[C@H](O)[C@H](CO)[C@H]1CC(=O)CC[C@]31C.